The molecule has 2 N–H and O–H groups in total. The highest BCUT2D eigenvalue weighted by molar-refractivity contribution is 7.09. The molecule has 0 fully saturated rings. The average Bonchev–Trinajstić information content (AvgIpc) is 2.67. The van der Waals surface area contributed by atoms with Crippen molar-refractivity contribution in [3.05, 3.63) is 16.6 Å². The fourth-order valence-electron chi connectivity index (χ4n) is 1.30. The van der Waals surface area contributed by atoms with Crippen LogP contribution < -0.4 is 5.32 Å². The van der Waals surface area contributed by atoms with E-state index in [2.05, 4.69) is 17.2 Å². The summed E-state index contributed by atoms with van der Waals surface area (Å²) in [5.41, 5.74) is 0. The Balaban J connectivity index is 2.03. The second kappa shape index (κ2) is 6.92. The lowest BCUT2D eigenvalue weighted by molar-refractivity contribution is 0.276. The van der Waals surface area contributed by atoms with E-state index in [1.165, 1.54) is 5.01 Å². The molecular weight excluding hydrogens is 196 g/mol. The molecule has 0 aromatic carbocycles. The standard InChI is InChI=1S/C10H18N2OS/c1-9(3-2-7-13)11-5-4-10-12-6-8-14-10/h6,8-9,11,13H,2-5,7H2,1H3. The highest BCUT2D eigenvalue weighted by atomic mass is 32.1. The van der Waals surface area contributed by atoms with E-state index < -0.39 is 0 Å². The van der Waals surface area contributed by atoms with Crippen LogP contribution >= 0.6 is 11.3 Å². The van der Waals surface area contributed by atoms with Gasteiger partial charge in [-0.05, 0) is 19.8 Å². The molecule has 1 atom stereocenters. The van der Waals surface area contributed by atoms with Crippen LogP contribution in [0.4, 0.5) is 0 Å². The molecule has 4 heteroatoms. The SMILES string of the molecule is CC(CCCO)NCCc1nccs1. The number of nitrogens with one attached hydrogen (secondary N) is 1. The van der Waals surface area contributed by atoms with Crippen LogP contribution in [0.3, 0.4) is 0 Å². The van der Waals surface area contributed by atoms with Crippen molar-refractivity contribution >= 4 is 11.3 Å². The maximum absolute atomic E-state index is 8.65. The molecule has 0 aliphatic heterocycles. The van der Waals surface area contributed by atoms with Gasteiger partial charge in [0.2, 0.25) is 0 Å². The third-order valence-electron chi connectivity index (χ3n) is 2.11. The monoisotopic (exact) mass is 214 g/mol. The van der Waals surface area contributed by atoms with Crippen LogP contribution in [0.15, 0.2) is 11.6 Å². The molecule has 0 radical (unpaired) electrons. The van der Waals surface area contributed by atoms with E-state index in [4.69, 9.17) is 5.11 Å². The Morgan fingerprint density at radius 1 is 1.64 bits per heavy atom. The first-order valence-electron chi connectivity index (χ1n) is 5.05. The summed E-state index contributed by atoms with van der Waals surface area (Å²) in [5.74, 6) is 0. The molecule has 1 rings (SSSR count). The van der Waals surface area contributed by atoms with Crippen LogP contribution in [-0.4, -0.2) is 29.3 Å². The van der Waals surface area contributed by atoms with Crippen LogP contribution in [0.25, 0.3) is 0 Å². The average molecular weight is 214 g/mol. The number of hydrogen-bond acceptors (Lipinski definition) is 4. The fraction of sp³-hybridized carbons (Fsp3) is 0.700. The molecule has 1 aromatic heterocycles. The van der Waals surface area contributed by atoms with Crippen LogP contribution in [0.1, 0.15) is 24.8 Å². The Bertz CT molecular complexity index is 226. The normalized spacial score (nSPS) is 13.0. The first-order valence-corrected chi connectivity index (χ1v) is 5.93. The molecule has 0 amide bonds. The molecule has 1 heterocycles. The van der Waals surface area contributed by atoms with Gasteiger partial charge in [-0.1, -0.05) is 0 Å². The fourth-order valence-corrected chi connectivity index (χ4v) is 1.92. The lowest BCUT2D eigenvalue weighted by Gasteiger charge is -2.11. The topological polar surface area (TPSA) is 45.1 Å². The van der Waals surface area contributed by atoms with Gasteiger partial charge in [-0.3, -0.25) is 0 Å². The Morgan fingerprint density at radius 3 is 3.14 bits per heavy atom. The van der Waals surface area contributed by atoms with Gasteiger partial charge in [-0.15, -0.1) is 11.3 Å². The molecule has 1 unspecified atom stereocenters. The first-order chi connectivity index (χ1) is 6.83. The summed E-state index contributed by atoms with van der Waals surface area (Å²) in [6.07, 6.45) is 4.76. The number of rotatable bonds is 7. The number of thiazole rings is 1. The van der Waals surface area contributed by atoms with Gasteiger partial charge in [0.1, 0.15) is 0 Å². The third kappa shape index (κ3) is 4.69. The van der Waals surface area contributed by atoms with Gasteiger partial charge < -0.3 is 10.4 Å². The van der Waals surface area contributed by atoms with Gasteiger partial charge in [0, 0.05) is 37.2 Å². The van der Waals surface area contributed by atoms with E-state index in [-0.39, 0.29) is 0 Å². The largest absolute Gasteiger partial charge is 0.396 e. The molecule has 0 spiro atoms. The van der Waals surface area contributed by atoms with Crippen LogP contribution in [0, 0.1) is 0 Å². The molecular formula is C10H18N2OS. The molecule has 0 bridgehead atoms. The summed E-state index contributed by atoms with van der Waals surface area (Å²) < 4.78 is 0. The minimum Gasteiger partial charge on any atom is -0.396 e. The summed E-state index contributed by atoms with van der Waals surface area (Å²) in [4.78, 5) is 4.21. The van der Waals surface area contributed by atoms with E-state index >= 15 is 0 Å². The van der Waals surface area contributed by atoms with E-state index in [9.17, 15) is 0 Å². The molecule has 0 saturated heterocycles. The van der Waals surface area contributed by atoms with Gasteiger partial charge in [-0.2, -0.15) is 0 Å². The van der Waals surface area contributed by atoms with Crippen molar-refractivity contribution in [1.82, 2.24) is 10.3 Å². The second-order valence-corrected chi connectivity index (χ2v) is 4.38. The van der Waals surface area contributed by atoms with Crippen LogP contribution in [0.2, 0.25) is 0 Å². The zero-order valence-corrected chi connectivity index (χ0v) is 9.39. The molecule has 14 heavy (non-hydrogen) atoms. The molecule has 0 aliphatic rings. The van der Waals surface area contributed by atoms with E-state index in [1.807, 2.05) is 11.6 Å². The van der Waals surface area contributed by atoms with Crippen molar-refractivity contribution in [2.75, 3.05) is 13.2 Å². The Labute approximate surface area is 89.2 Å². The lowest BCUT2D eigenvalue weighted by Crippen LogP contribution is -2.28. The number of aliphatic hydroxyl groups excluding tert-OH is 1. The highest BCUT2D eigenvalue weighted by Gasteiger charge is 2.01. The van der Waals surface area contributed by atoms with Crippen molar-refractivity contribution in [2.45, 2.75) is 32.2 Å². The summed E-state index contributed by atoms with van der Waals surface area (Å²) in [6.45, 7) is 3.41. The van der Waals surface area contributed by atoms with Crippen molar-refractivity contribution in [3.63, 3.8) is 0 Å². The van der Waals surface area contributed by atoms with Gasteiger partial charge in [0.05, 0.1) is 5.01 Å². The molecule has 0 aliphatic carbocycles. The van der Waals surface area contributed by atoms with Gasteiger partial charge in [0.25, 0.3) is 0 Å². The Morgan fingerprint density at radius 2 is 2.50 bits per heavy atom. The smallest absolute Gasteiger partial charge is 0.0937 e. The van der Waals surface area contributed by atoms with Crippen molar-refractivity contribution < 1.29 is 5.11 Å². The summed E-state index contributed by atoms with van der Waals surface area (Å²) in [6, 6.07) is 0.488. The lowest BCUT2D eigenvalue weighted by atomic mass is 10.2. The van der Waals surface area contributed by atoms with Crippen molar-refractivity contribution in [3.8, 4) is 0 Å². The van der Waals surface area contributed by atoms with E-state index in [1.54, 1.807) is 11.3 Å². The minimum atomic E-state index is 0.290. The van der Waals surface area contributed by atoms with Crippen LogP contribution in [-0.2, 0) is 6.42 Å². The maximum Gasteiger partial charge on any atom is 0.0937 e. The number of hydrogen-bond donors (Lipinski definition) is 2. The van der Waals surface area contributed by atoms with Gasteiger partial charge in [-0.25, -0.2) is 4.98 Å². The van der Waals surface area contributed by atoms with Gasteiger partial charge >= 0.3 is 0 Å². The third-order valence-corrected chi connectivity index (χ3v) is 2.95. The quantitative estimate of drug-likeness (QED) is 0.722. The van der Waals surface area contributed by atoms with Crippen molar-refractivity contribution in [2.24, 2.45) is 0 Å². The molecule has 0 saturated carbocycles. The van der Waals surface area contributed by atoms with Crippen LogP contribution in [0.5, 0.6) is 0 Å². The summed E-state index contributed by atoms with van der Waals surface area (Å²) >= 11 is 1.70. The Kier molecular flexibility index (Phi) is 5.75. The minimum absolute atomic E-state index is 0.290. The number of aliphatic hydroxyl groups is 1. The van der Waals surface area contributed by atoms with Gasteiger partial charge in [0.15, 0.2) is 0 Å². The van der Waals surface area contributed by atoms with E-state index in [0.717, 1.165) is 25.8 Å². The molecule has 3 nitrogen and oxygen atoms in total. The number of nitrogens with zero attached hydrogens (tertiary/aromatic N) is 1. The number of aromatic nitrogens is 1. The highest BCUT2D eigenvalue weighted by Crippen LogP contribution is 2.04. The first kappa shape index (κ1) is 11.6. The maximum atomic E-state index is 8.65. The van der Waals surface area contributed by atoms with Crippen molar-refractivity contribution in [1.29, 1.82) is 0 Å². The van der Waals surface area contributed by atoms with E-state index in [0.29, 0.717) is 12.6 Å². The zero-order valence-electron chi connectivity index (χ0n) is 8.57. The zero-order chi connectivity index (χ0) is 10.2. The Hall–Kier alpha value is -0.450. The second-order valence-electron chi connectivity index (χ2n) is 3.40. The summed E-state index contributed by atoms with van der Waals surface area (Å²) in [7, 11) is 0. The summed E-state index contributed by atoms with van der Waals surface area (Å²) in [5, 5.41) is 15.3. The predicted octanol–water partition coefficient (Wildman–Crippen LogP) is 1.44. The molecule has 1 aromatic rings. The predicted molar refractivity (Wildman–Crippen MR) is 59.6 cm³/mol. The molecule has 80 valence electrons.